The van der Waals surface area contributed by atoms with E-state index in [1.165, 1.54) is 12.0 Å². The maximum atomic E-state index is 10.1. The Morgan fingerprint density at radius 1 is 1.70 bits per heavy atom. The zero-order chi connectivity index (χ0) is 7.61. The highest BCUT2D eigenvalue weighted by Crippen LogP contribution is 2.35. The highest BCUT2D eigenvalue weighted by molar-refractivity contribution is 5.54. The molecule has 0 aromatic heterocycles. The summed E-state index contributed by atoms with van der Waals surface area (Å²) in [6.45, 7) is 4.43. The smallest absolute Gasteiger partial charge is 0.124 e. The van der Waals surface area contributed by atoms with Crippen molar-refractivity contribution in [1.29, 1.82) is 0 Å². The average molecular weight is 138 g/mol. The lowest BCUT2D eigenvalue weighted by Gasteiger charge is -2.11. The SMILES string of the molecule is CC1(C)C=C(CC=O)CC1. The molecule has 0 aromatic carbocycles. The maximum absolute atomic E-state index is 10.1. The van der Waals surface area contributed by atoms with Crippen LogP contribution in [0.1, 0.15) is 33.1 Å². The number of allylic oxidation sites excluding steroid dienone is 2. The molecule has 0 saturated heterocycles. The highest BCUT2D eigenvalue weighted by Gasteiger charge is 2.21. The van der Waals surface area contributed by atoms with Crippen LogP contribution in [0, 0.1) is 5.41 Å². The normalized spacial score (nSPS) is 22.4. The standard InChI is InChI=1S/C9H14O/c1-9(2)5-3-8(7-9)4-6-10/h6-7H,3-5H2,1-2H3. The summed E-state index contributed by atoms with van der Waals surface area (Å²) in [7, 11) is 0. The second-order valence-electron chi connectivity index (χ2n) is 3.66. The van der Waals surface area contributed by atoms with E-state index in [4.69, 9.17) is 0 Å². The molecular weight excluding hydrogens is 124 g/mol. The predicted molar refractivity (Wildman–Crippen MR) is 41.8 cm³/mol. The van der Waals surface area contributed by atoms with Gasteiger partial charge in [-0.2, -0.15) is 0 Å². The largest absolute Gasteiger partial charge is 0.303 e. The van der Waals surface area contributed by atoms with Crippen LogP contribution in [-0.4, -0.2) is 6.29 Å². The van der Waals surface area contributed by atoms with Gasteiger partial charge in [0.25, 0.3) is 0 Å². The van der Waals surface area contributed by atoms with E-state index in [1.807, 2.05) is 0 Å². The van der Waals surface area contributed by atoms with Crippen molar-refractivity contribution >= 4 is 6.29 Å². The first-order chi connectivity index (χ1) is 4.64. The van der Waals surface area contributed by atoms with E-state index < -0.39 is 0 Å². The lowest BCUT2D eigenvalue weighted by atomic mass is 9.94. The number of aldehydes is 1. The Kier molecular flexibility index (Phi) is 1.93. The van der Waals surface area contributed by atoms with Crippen molar-refractivity contribution in [3.05, 3.63) is 11.6 Å². The fourth-order valence-corrected chi connectivity index (χ4v) is 1.45. The molecule has 0 unspecified atom stereocenters. The first-order valence-corrected chi connectivity index (χ1v) is 3.78. The minimum absolute atomic E-state index is 0.346. The van der Waals surface area contributed by atoms with Crippen molar-refractivity contribution in [2.45, 2.75) is 33.1 Å². The summed E-state index contributed by atoms with van der Waals surface area (Å²) in [5, 5.41) is 0. The van der Waals surface area contributed by atoms with E-state index in [2.05, 4.69) is 19.9 Å². The third-order valence-electron chi connectivity index (χ3n) is 2.03. The molecule has 1 aliphatic carbocycles. The minimum atomic E-state index is 0.346. The van der Waals surface area contributed by atoms with Crippen LogP contribution in [0.3, 0.4) is 0 Å². The van der Waals surface area contributed by atoms with E-state index >= 15 is 0 Å². The van der Waals surface area contributed by atoms with Gasteiger partial charge in [-0.25, -0.2) is 0 Å². The number of rotatable bonds is 2. The molecule has 1 nitrogen and oxygen atoms in total. The Labute approximate surface area is 62.1 Å². The Balaban J connectivity index is 2.57. The van der Waals surface area contributed by atoms with Gasteiger partial charge in [0.05, 0.1) is 0 Å². The van der Waals surface area contributed by atoms with Gasteiger partial charge in [0.2, 0.25) is 0 Å². The number of carbonyl (C=O) groups excluding carboxylic acids is 1. The van der Waals surface area contributed by atoms with Gasteiger partial charge < -0.3 is 4.79 Å². The van der Waals surface area contributed by atoms with Crippen LogP contribution >= 0.6 is 0 Å². The third-order valence-corrected chi connectivity index (χ3v) is 2.03. The molecule has 10 heavy (non-hydrogen) atoms. The average Bonchev–Trinajstić information content (AvgIpc) is 2.12. The van der Waals surface area contributed by atoms with E-state index in [0.717, 1.165) is 12.7 Å². The van der Waals surface area contributed by atoms with Crippen molar-refractivity contribution in [3.8, 4) is 0 Å². The van der Waals surface area contributed by atoms with Gasteiger partial charge in [-0.15, -0.1) is 0 Å². The summed E-state index contributed by atoms with van der Waals surface area (Å²) in [4.78, 5) is 10.1. The molecule has 1 rings (SSSR count). The molecule has 0 fully saturated rings. The van der Waals surface area contributed by atoms with Crippen molar-refractivity contribution in [3.63, 3.8) is 0 Å². The maximum Gasteiger partial charge on any atom is 0.124 e. The zero-order valence-corrected chi connectivity index (χ0v) is 6.68. The molecule has 0 spiro atoms. The van der Waals surface area contributed by atoms with Crippen LogP contribution in [0.25, 0.3) is 0 Å². The number of hydrogen-bond donors (Lipinski definition) is 0. The molecule has 0 aliphatic heterocycles. The Morgan fingerprint density at radius 3 is 2.80 bits per heavy atom. The molecule has 0 N–H and O–H groups in total. The van der Waals surface area contributed by atoms with Crippen LogP contribution in [0.4, 0.5) is 0 Å². The molecule has 56 valence electrons. The monoisotopic (exact) mass is 138 g/mol. The first-order valence-electron chi connectivity index (χ1n) is 3.78. The molecule has 0 saturated carbocycles. The van der Waals surface area contributed by atoms with Crippen molar-refractivity contribution < 1.29 is 4.79 Å². The van der Waals surface area contributed by atoms with Crippen LogP contribution < -0.4 is 0 Å². The second-order valence-corrected chi connectivity index (χ2v) is 3.66. The third kappa shape index (κ3) is 1.69. The predicted octanol–water partition coefficient (Wildman–Crippen LogP) is 2.32. The molecule has 0 bridgehead atoms. The summed E-state index contributed by atoms with van der Waals surface area (Å²) in [5.41, 5.74) is 1.67. The Hall–Kier alpha value is -0.590. The molecular formula is C9H14O. The van der Waals surface area contributed by atoms with E-state index in [-0.39, 0.29) is 0 Å². The van der Waals surface area contributed by atoms with Gasteiger partial charge in [-0.1, -0.05) is 25.5 Å². The topological polar surface area (TPSA) is 17.1 Å². The summed E-state index contributed by atoms with van der Waals surface area (Å²) in [6, 6.07) is 0. The van der Waals surface area contributed by atoms with Gasteiger partial charge in [-0.3, -0.25) is 0 Å². The molecule has 1 heteroatoms. The summed E-state index contributed by atoms with van der Waals surface area (Å²) >= 11 is 0. The summed E-state index contributed by atoms with van der Waals surface area (Å²) < 4.78 is 0. The fourth-order valence-electron chi connectivity index (χ4n) is 1.45. The number of carbonyl (C=O) groups is 1. The quantitative estimate of drug-likeness (QED) is 0.423. The van der Waals surface area contributed by atoms with E-state index in [1.54, 1.807) is 0 Å². The van der Waals surface area contributed by atoms with Gasteiger partial charge >= 0.3 is 0 Å². The summed E-state index contributed by atoms with van der Waals surface area (Å²) in [6.07, 6.45) is 6.19. The molecule has 0 radical (unpaired) electrons. The van der Waals surface area contributed by atoms with Crippen LogP contribution in [0.5, 0.6) is 0 Å². The van der Waals surface area contributed by atoms with Gasteiger partial charge in [0.1, 0.15) is 6.29 Å². The summed E-state index contributed by atoms with van der Waals surface area (Å²) in [5.74, 6) is 0. The molecule has 0 atom stereocenters. The van der Waals surface area contributed by atoms with Crippen molar-refractivity contribution in [1.82, 2.24) is 0 Å². The molecule has 0 amide bonds. The lowest BCUT2D eigenvalue weighted by Crippen LogP contribution is -2.00. The first kappa shape index (κ1) is 7.52. The molecule has 1 aliphatic rings. The van der Waals surface area contributed by atoms with Gasteiger partial charge in [-0.05, 0) is 18.3 Å². The highest BCUT2D eigenvalue weighted by atomic mass is 16.1. The Morgan fingerprint density at radius 2 is 2.40 bits per heavy atom. The van der Waals surface area contributed by atoms with Gasteiger partial charge in [0.15, 0.2) is 0 Å². The minimum Gasteiger partial charge on any atom is -0.303 e. The number of hydrogen-bond acceptors (Lipinski definition) is 1. The van der Waals surface area contributed by atoms with E-state index in [9.17, 15) is 4.79 Å². The van der Waals surface area contributed by atoms with Crippen LogP contribution in [0.2, 0.25) is 0 Å². The Bertz CT molecular complexity index is 166. The molecule has 0 aromatic rings. The second kappa shape index (κ2) is 2.57. The zero-order valence-electron chi connectivity index (χ0n) is 6.68. The van der Waals surface area contributed by atoms with Crippen LogP contribution in [0.15, 0.2) is 11.6 Å². The fraction of sp³-hybridized carbons (Fsp3) is 0.667. The van der Waals surface area contributed by atoms with Crippen molar-refractivity contribution in [2.75, 3.05) is 0 Å². The van der Waals surface area contributed by atoms with E-state index in [0.29, 0.717) is 11.8 Å². The van der Waals surface area contributed by atoms with Crippen molar-refractivity contribution in [2.24, 2.45) is 5.41 Å². The molecule has 0 heterocycles. The van der Waals surface area contributed by atoms with Gasteiger partial charge in [0, 0.05) is 6.42 Å². The van der Waals surface area contributed by atoms with Crippen LogP contribution in [-0.2, 0) is 4.79 Å². The lowest BCUT2D eigenvalue weighted by molar-refractivity contribution is -0.107.